The first-order chi connectivity index (χ1) is 13.5. The maximum atomic E-state index is 12.4. The lowest BCUT2D eigenvalue weighted by Crippen LogP contribution is -2.52. The van der Waals surface area contributed by atoms with Crippen molar-refractivity contribution in [2.45, 2.75) is 33.1 Å². The Morgan fingerprint density at radius 2 is 1.82 bits per heavy atom. The SMILES string of the molecule is CC1CC(C)CN(CCCCNC(=O)N2CCN(c3cccc(Cl)c3)CC2)C1. The summed E-state index contributed by atoms with van der Waals surface area (Å²) in [6.45, 7) is 12.3. The molecule has 1 aromatic carbocycles. The summed E-state index contributed by atoms with van der Waals surface area (Å²) in [5, 5.41) is 3.86. The quantitative estimate of drug-likeness (QED) is 0.727. The molecule has 2 atom stereocenters. The van der Waals surface area contributed by atoms with E-state index in [4.69, 9.17) is 11.6 Å². The Bertz CT molecular complexity index is 623. The number of amides is 2. The average Bonchev–Trinajstić information content (AvgIpc) is 2.67. The number of halogens is 1. The molecule has 2 fully saturated rings. The van der Waals surface area contributed by atoms with Crippen molar-refractivity contribution in [1.29, 1.82) is 0 Å². The van der Waals surface area contributed by atoms with Crippen LogP contribution in [-0.4, -0.2) is 68.2 Å². The second-order valence-electron chi connectivity index (χ2n) is 8.60. The summed E-state index contributed by atoms with van der Waals surface area (Å²) in [5.41, 5.74) is 1.13. The Morgan fingerprint density at radius 3 is 2.50 bits per heavy atom. The van der Waals surface area contributed by atoms with E-state index in [9.17, 15) is 4.79 Å². The fourth-order valence-corrected chi connectivity index (χ4v) is 4.77. The number of carbonyl (C=O) groups excluding carboxylic acids is 1. The van der Waals surface area contributed by atoms with Crippen LogP contribution >= 0.6 is 11.6 Å². The molecule has 2 aliphatic heterocycles. The third-order valence-corrected chi connectivity index (χ3v) is 6.10. The summed E-state index contributed by atoms with van der Waals surface area (Å²) in [6, 6.07) is 8.00. The zero-order valence-corrected chi connectivity index (χ0v) is 18.1. The van der Waals surface area contributed by atoms with Gasteiger partial charge in [0.2, 0.25) is 0 Å². The summed E-state index contributed by atoms with van der Waals surface area (Å²) in [7, 11) is 0. The maximum Gasteiger partial charge on any atom is 0.317 e. The third-order valence-electron chi connectivity index (χ3n) is 5.86. The first kappa shape index (κ1) is 21.3. The number of likely N-dealkylation sites (tertiary alicyclic amines) is 1. The molecule has 0 bridgehead atoms. The van der Waals surface area contributed by atoms with Crippen molar-refractivity contribution in [1.82, 2.24) is 15.1 Å². The number of nitrogens with zero attached hydrogens (tertiary/aromatic N) is 3. The van der Waals surface area contributed by atoms with Gasteiger partial charge in [0.1, 0.15) is 0 Å². The van der Waals surface area contributed by atoms with Crippen LogP contribution in [-0.2, 0) is 0 Å². The van der Waals surface area contributed by atoms with Crippen LogP contribution in [0, 0.1) is 11.8 Å². The lowest BCUT2D eigenvalue weighted by atomic mass is 9.92. The van der Waals surface area contributed by atoms with E-state index < -0.39 is 0 Å². The van der Waals surface area contributed by atoms with E-state index in [1.807, 2.05) is 23.1 Å². The Hall–Kier alpha value is -1.46. The van der Waals surface area contributed by atoms with Gasteiger partial charge in [0.05, 0.1) is 0 Å². The summed E-state index contributed by atoms with van der Waals surface area (Å²) in [6.07, 6.45) is 3.56. The summed E-state index contributed by atoms with van der Waals surface area (Å²) < 4.78 is 0. The zero-order valence-electron chi connectivity index (χ0n) is 17.4. The molecule has 6 heteroatoms. The van der Waals surface area contributed by atoms with E-state index in [1.54, 1.807) is 0 Å². The molecule has 1 aromatic rings. The topological polar surface area (TPSA) is 38.8 Å². The number of anilines is 1. The molecule has 0 saturated carbocycles. The van der Waals surface area contributed by atoms with E-state index >= 15 is 0 Å². The van der Waals surface area contributed by atoms with Gasteiger partial charge < -0.3 is 20.0 Å². The minimum atomic E-state index is 0.0750. The zero-order chi connectivity index (χ0) is 19.9. The largest absolute Gasteiger partial charge is 0.368 e. The fourth-order valence-electron chi connectivity index (χ4n) is 4.58. The summed E-state index contributed by atoms with van der Waals surface area (Å²) in [4.78, 5) is 19.2. The van der Waals surface area contributed by atoms with Crippen LogP contribution in [0.2, 0.25) is 5.02 Å². The van der Waals surface area contributed by atoms with Crippen LogP contribution in [0.1, 0.15) is 33.1 Å². The number of rotatable bonds is 6. The number of urea groups is 1. The number of piperazine rings is 1. The van der Waals surface area contributed by atoms with E-state index in [2.05, 4.69) is 35.0 Å². The van der Waals surface area contributed by atoms with Crippen LogP contribution in [0.15, 0.2) is 24.3 Å². The van der Waals surface area contributed by atoms with Crippen LogP contribution < -0.4 is 10.2 Å². The second kappa shape index (κ2) is 10.4. The molecular weight excluding hydrogens is 372 g/mol. The van der Waals surface area contributed by atoms with Gasteiger partial charge in [-0.3, -0.25) is 0 Å². The third kappa shape index (κ3) is 6.28. The number of benzene rings is 1. The van der Waals surface area contributed by atoms with Gasteiger partial charge in [0.25, 0.3) is 0 Å². The van der Waals surface area contributed by atoms with E-state index in [-0.39, 0.29) is 6.03 Å². The Labute approximate surface area is 175 Å². The lowest BCUT2D eigenvalue weighted by molar-refractivity contribution is 0.139. The molecule has 0 aliphatic carbocycles. The molecule has 2 heterocycles. The standard InChI is InChI=1S/C22H35ClN4O/c1-18-14-19(2)17-25(16-18)9-4-3-8-24-22(28)27-12-10-26(11-13-27)21-7-5-6-20(23)15-21/h5-7,15,18-19H,3-4,8-14,16-17H2,1-2H3,(H,24,28). The minimum absolute atomic E-state index is 0.0750. The highest BCUT2D eigenvalue weighted by atomic mass is 35.5. The number of nitrogens with one attached hydrogen (secondary N) is 1. The Kier molecular flexibility index (Phi) is 7.86. The lowest BCUT2D eigenvalue weighted by Gasteiger charge is -2.36. The number of unbranched alkanes of at least 4 members (excludes halogenated alkanes) is 1. The number of carbonyl (C=O) groups is 1. The van der Waals surface area contributed by atoms with Crippen molar-refractivity contribution >= 4 is 23.3 Å². The van der Waals surface area contributed by atoms with Gasteiger partial charge in [0.15, 0.2) is 0 Å². The molecule has 0 radical (unpaired) electrons. The fraction of sp³-hybridized carbons (Fsp3) is 0.682. The molecule has 0 spiro atoms. The Balaban J connectivity index is 1.29. The van der Waals surface area contributed by atoms with Gasteiger partial charge in [-0.15, -0.1) is 0 Å². The van der Waals surface area contributed by atoms with Gasteiger partial charge in [-0.25, -0.2) is 4.79 Å². The number of hydrogen-bond acceptors (Lipinski definition) is 3. The molecule has 2 saturated heterocycles. The van der Waals surface area contributed by atoms with Crippen LogP contribution in [0.5, 0.6) is 0 Å². The molecule has 156 valence electrons. The first-order valence-corrected chi connectivity index (χ1v) is 11.1. The van der Waals surface area contributed by atoms with E-state index in [1.165, 1.54) is 19.5 Å². The molecule has 28 heavy (non-hydrogen) atoms. The smallest absolute Gasteiger partial charge is 0.317 e. The van der Waals surface area contributed by atoms with Crippen LogP contribution in [0.4, 0.5) is 10.5 Å². The molecule has 5 nitrogen and oxygen atoms in total. The van der Waals surface area contributed by atoms with Crippen molar-refractivity contribution in [2.24, 2.45) is 11.8 Å². The molecular formula is C22H35ClN4O. The van der Waals surface area contributed by atoms with Crippen molar-refractivity contribution in [2.75, 3.05) is 57.3 Å². The molecule has 0 aromatic heterocycles. The van der Waals surface area contributed by atoms with Crippen LogP contribution in [0.25, 0.3) is 0 Å². The highest BCUT2D eigenvalue weighted by Gasteiger charge is 2.22. The highest BCUT2D eigenvalue weighted by Crippen LogP contribution is 2.22. The summed E-state index contributed by atoms with van der Waals surface area (Å²) >= 11 is 6.09. The normalized spacial score (nSPS) is 23.7. The van der Waals surface area contributed by atoms with Crippen LogP contribution in [0.3, 0.4) is 0 Å². The van der Waals surface area contributed by atoms with Crippen molar-refractivity contribution in [3.63, 3.8) is 0 Å². The average molecular weight is 407 g/mol. The van der Waals surface area contributed by atoms with Gasteiger partial charge in [-0.1, -0.05) is 31.5 Å². The van der Waals surface area contributed by atoms with Crippen molar-refractivity contribution < 1.29 is 4.79 Å². The molecule has 2 amide bonds. The van der Waals surface area contributed by atoms with E-state index in [0.717, 1.165) is 74.7 Å². The van der Waals surface area contributed by atoms with E-state index in [0.29, 0.717) is 0 Å². The monoisotopic (exact) mass is 406 g/mol. The molecule has 3 rings (SSSR count). The predicted molar refractivity (Wildman–Crippen MR) is 117 cm³/mol. The second-order valence-corrected chi connectivity index (χ2v) is 9.04. The molecule has 2 aliphatic rings. The highest BCUT2D eigenvalue weighted by molar-refractivity contribution is 6.30. The maximum absolute atomic E-state index is 12.4. The van der Waals surface area contributed by atoms with Crippen molar-refractivity contribution in [3.8, 4) is 0 Å². The number of hydrogen-bond donors (Lipinski definition) is 1. The predicted octanol–water partition coefficient (Wildman–Crippen LogP) is 3.93. The van der Waals surface area contributed by atoms with Gasteiger partial charge in [-0.2, -0.15) is 0 Å². The van der Waals surface area contributed by atoms with Gasteiger partial charge in [-0.05, 0) is 55.8 Å². The molecule has 1 N–H and O–H groups in total. The Morgan fingerprint density at radius 1 is 1.11 bits per heavy atom. The molecule has 2 unspecified atom stereocenters. The van der Waals surface area contributed by atoms with Gasteiger partial charge >= 0.3 is 6.03 Å². The first-order valence-electron chi connectivity index (χ1n) is 10.8. The summed E-state index contributed by atoms with van der Waals surface area (Å²) in [5.74, 6) is 1.63. The minimum Gasteiger partial charge on any atom is -0.368 e. The van der Waals surface area contributed by atoms with Gasteiger partial charge in [0, 0.05) is 56.5 Å². The number of piperidine rings is 1. The van der Waals surface area contributed by atoms with Crippen molar-refractivity contribution in [3.05, 3.63) is 29.3 Å².